The topological polar surface area (TPSA) is 82.5 Å². The first-order valence-electron chi connectivity index (χ1n) is 7.87. The van der Waals surface area contributed by atoms with Gasteiger partial charge in [0.2, 0.25) is 6.79 Å². The van der Waals surface area contributed by atoms with Crippen LogP contribution < -0.4 is 20.3 Å². The second-order valence-electron chi connectivity index (χ2n) is 6.06. The van der Waals surface area contributed by atoms with Crippen molar-refractivity contribution in [3.05, 3.63) is 51.4 Å². The lowest BCUT2D eigenvalue weighted by molar-refractivity contribution is 0.0933. The van der Waals surface area contributed by atoms with E-state index in [4.69, 9.17) is 9.47 Å². The molecule has 2 aliphatic rings. The largest absolute Gasteiger partial charge is 0.454 e. The monoisotopic (exact) mass is 327 g/mol. The van der Waals surface area contributed by atoms with Gasteiger partial charge in [0.1, 0.15) is 0 Å². The maximum atomic E-state index is 12.5. The van der Waals surface area contributed by atoms with Gasteiger partial charge in [-0.3, -0.25) is 9.59 Å². The lowest BCUT2D eigenvalue weighted by atomic mass is 9.92. The summed E-state index contributed by atoms with van der Waals surface area (Å²) < 4.78 is 11.9. The van der Waals surface area contributed by atoms with Gasteiger partial charge in [-0.15, -0.1) is 0 Å². The van der Waals surface area contributed by atoms with Gasteiger partial charge in [0.05, 0.1) is 5.69 Å². The summed E-state index contributed by atoms with van der Waals surface area (Å²) in [5.74, 6) is 1.09. The molecule has 1 atom stereocenters. The third kappa shape index (κ3) is 2.62. The van der Waals surface area contributed by atoms with E-state index in [-0.39, 0.29) is 24.3 Å². The highest BCUT2D eigenvalue weighted by Gasteiger charge is 2.23. The molecule has 0 fully saturated rings. The lowest BCUT2D eigenvalue weighted by Gasteiger charge is -2.24. The molecule has 7 nitrogen and oxygen atoms in total. The molecule has 7 heteroatoms. The molecule has 0 radical (unpaired) electrons. The van der Waals surface area contributed by atoms with Gasteiger partial charge in [-0.05, 0) is 43.0 Å². The number of rotatable bonds is 2. The van der Waals surface area contributed by atoms with Crippen molar-refractivity contribution < 1.29 is 14.3 Å². The minimum atomic E-state index is -0.154. The molecule has 1 aliphatic heterocycles. The third-order valence-corrected chi connectivity index (χ3v) is 4.42. The van der Waals surface area contributed by atoms with Crippen LogP contribution in [0, 0.1) is 0 Å². The fraction of sp³-hybridized carbons (Fsp3) is 0.353. The Morgan fingerprint density at radius 2 is 2.12 bits per heavy atom. The molecule has 1 aromatic carbocycles. The average Bonchev–Trinajstić information content (AvgIpc) is 3.03. The summed E-state index contributed by atoms with van der Waals surface area (Å²) in [6, 6.07) is 6.75. The van der Waals surface area contributed by atoms with Gasteiger partial charge >= 0.3 is 0 Å². The molecule has 0 spiro atoms. The first kappa shape index (κ1) is 14.7. The van der Waals surface area contributed by atoms with Crippen LogP contribution in [-0.2, 0) is 19.9 Å². The number of nitrogens with zero attached hydrogens (tertiary/aromatic N) is 2. The van der Waals surface area contributed by atoms with Crippen molar-refractivity contribution in [1.29, 1.82) is 0 Å². The van der Waals surface area contributed by atoms with E-state index in [1.165, 1.54) is 4.68 Å². The second kappa shape index (κ2) is 5.67. The van der Waals surface area contributed by atoms with Gasteiger partial charge in [-0.2, -0.15) is 5.10 Å². The molecule has 0 saturated heterocycles. The van der Waals surface area contributed by atoms with Crippen LogP contribution in [-0.4, -0.2) is 28.5 Å². The van der Waals surface area contributed by atoms with Crippen molar-refractivity contribution in [1.82, 2.24) is 15.1 Å². The van der Waals surface area contributed by atoms with Crippen LogP contribution >= 0.6 is 0 Å². The number of amides is 1. The SMILES string of the molecule is Cn1nc2c(cc1=O)C[C@@H](NC(=O)c1ccc3c(c1)OCO3)CC2. The zero-order valence-corrected chi connectivity index (χ0v) is 13.2. The molecule has 1 amide bonds. The highest BCUT2D eigenvalue weighted by molar-refractivity contribution is 5.95. The second-order valence-corrected chi connectivity index (χ2v) is 6.06. The summed E-state index contributed by atoms with van der Waals surface area (Å²) in [6.07, 6.45) is 2.17. The summed E-state index contributed by atoms with van der Waals surface area (Å²) in [4.78, 5) is 24.2. The Kier molecular flexibility index (Phi) is 3.48. The molecule has 2 heterocycles. The number of hydrogen-bond donors (Lipinski definition) is 1. The predicted octanol–water partition coefficient (Wildman–Crippen LogP) is 0.796. The number of carbonyl (C=O) groups excluding carboxylic acids is 1. The van der Waals surface area contributed by atoms with Gasteiger partial charge < -0.3 is 14.8 Å². The predicted molar refractivity (Wildman–Crippen MR) is 85.3 cm³/mol. The first-order valence-corrected chi connectivity index (χ1v) is 7.87. The van der Waals surface area contributed by atoms with Gasteiger partial charge in [0, 0.05) is 24.7 Å². The fourth-order valence-corrected chi connectivity index (χ4v) is 3.12. The van der Waals surface area contributed by atoms with Gasteiger partial charge in [0.25, 0.3) is 11.5 Å². The molecule has 4 rings (SSSR count). The Morgan fingerprint density at radius 1 is 1.29 bits per heavy atom. The van der Waals surface area contributed by atoms with E-state index in [0.717, 1.165) is 24.1 Å². The van der Waals surface area contributed by atoms with Crippen molar-refractivity contribution in [2.45, 2.75) is 25.3 Å². The van der Waals surface area contributed by atoms with Gasteiger partial charge in [-0.1, -0.05) is 0 Å². The third-order valence-electron chi connectivity index (χ3n) is 4.42. The van der Waals surface area contributed by atoms with Crippen molar-refractivity contribution in [3.8, 4) is 11.5 Å². The molecule has 2 aromatic rings. The number of nitrogens with one attached hydrogen (secondary N) is 1. The number of ether oxygens (including phenoxy) is 2. The number of benzene rings is 1. The zero-order valence-electron chi connectivity index (χ0n) is 13.2. The number of aryl methyl sites for hydroxylation is 2. The Bertz CT molecular complexity index is 875. The van der Waals surface area contributed by atoms with Crippen LogP contribution in [0.2, 0.25) is 0 Å². The highest BCUT2D eigenvalue weighted by atomic mass is 16.7. The number of carbonyl (C=O) groups is 1. The van der Waals surface area contributed by atoms with E-state index in [9.17, 15) is 9.59 Å². The minimum absolute atomic E-state index is 0.00988. The van der Waals surface area contributed by atoms with Crippen molar-refractivity contribution >= 4 is 5.91 Å². The maximum Gasteiger partial charge on any atom is 0.266 e. The summed E-state index contributed by atoms with van der Waals surface area (Å²) in [7, 11) is 1.65. The summed E-state index contributed by atoms with van der Waals surface area (Å²) in [5, 5.41) is 7.31. The van der Waals surface area contributed by atoms with E-state index < -0.39 is 0 Å². The summed E-state index contributed by atoms with van der Waals surface area (Å²) >= 11 is 0. The summed E-state index contributed by atoms with van der Waals surface area (Å²) in [6.45, 7) is 0.182. The maximum absolute atomic E-state index is 12.5. The van der Waals surface area contributed by atoms with E-state index in [2.05, 4.69) is 10.4 Å². The molecule has 24 heavy (non-hydrogen) atoms. The first-order chi connectivity index (χ1) is 11.6. The lowest BCUT2D eigenvalue weighted by Crippen LogP contribution is -2.40. The van der Waals surface area contributed by atoms with Crippen molar-refractivity contribution in [3.63, 3.8) is 0 Å². The van der Waals surface area contributed by atoms with Crippen LogP contribution in [0.25, 0.3) is 0 Å². The Balaban J connectivity index is 1.49. The average molecular weight is 327 g/mol. The Labute approximate surface area is 138 Å². The number of aromatic nitrogens is 2. The molecule has 0 bridgehead atoms. The normalized spacial score (nSPS) is 18.1. The van der Waals surface area contributed by atoms with E-state index in [1.807, 2.05) is 0 Å². The summed E-state index contributed by atoms with van der Waals surface area (Å²) in [5.41, 5.74) is 2.26. The van der Waals surface area contributed by atoms with Crippen molar-refractivity contribution in [2.24, 2.45) is 7.05 Å². The fourth-order valence-electron chi connectivity index (χ4n) is 3.12. The van der Waals surface area contributed by atoms with E-state index in [1.54, 1.807) is 31.3 Å². The van der Waals surface area contributed by atoms with Crippen LogP contribution in [0.3, 0.4) is 0 Å². The molecule has 124 valence electrons. The zero-order chi connectivity index (χ0) is 16.7. The minimum Gasteiger partial charge on any atom is -0.454 e. The highest BCUT2D eigenvalue weighted by Crippen LogP contribution is 2.32. The van der Waals surface area contributed by atoms with E-state index >= 15 is 0 Å². The molecule has 1 aliphatic carbocycles. The standard InChI is InChI=1S/C17H17N3O4/c1-20-16(21)8-11-6-12(3-4-13(11)19-20)18-17(22)10-2-5-14-15(7-10)24-9-23-14/h2,5,7-8,12H,3-4,6,9H2,1H3,(H,18,22)/t12-/m0/s1. The Hall–Kier alpha value is -2.83. The van der Waals surface area contributed by atoms with E-state index in [0.29, 0.717) is 23.5 Å². The molecule has 1 N–H and O–H groups in total. The molecular weight excluding hydrogens is 310 g/mol. The number of hydrogen-bond acceptors (Lipinski definition) is 5. The van der Waals surface area contributed by atoms with Crippen LogP contribution in [0.15, 0.2) is 29.1 Å². The molecular formula is C17H17N3O4. The molecule has 0 unspecified atom stereocenters. The van der Waals surface area contributed by atoms with Gasteiger partial charge in [-0.25, -0.2) is 4.68 Å². The quantitative estimate of drug-likeness (QED) is 0.882. The van der Waals surface area contributed by atoms with Crippen LogP contribution in [0.1, 0.15) is 28.0 Å². The van der Waals surface area contributed by atoms with Gasteiger partial charge in [0.15, 0.2) is 11.5 Å². The number of fused-ring (bicyclic) bond motifs is 2. The van der Waals surface area contributed by atoms with Crippen molar-refractivity contribution in [2.75, 3.05) is 6.79 Å². The Morgan fingerprint density at radius 3 is 3.00 bits per heavy atom. The smallest absolute Gasteiger partial charge is 0.266 e. The van der Waals surface area contributed by atoms with Crippen LogP contribution in [0.5, 0.6) is 11.5 Å². The van der Waals surface area contributed by atoms with Crippen LogP contribution in [0.4, 0.5) is 0 Å². The molecule has 0 saturated carbocycles. The molecule has 1 aromatic heterocycles.